The lowest BCUT2D eigenvalue weighted by Gasteiger charge is -2.32. The van der Waals surface area contributed by atoms with Gasteiger partial charge in [-0.2, -0.15) is 0 Å². The highest BCUT2D eigenvalue weighted by molar-refractivity contribution is 5.95. The van der Waals surface area contributed by atoms with Crippen LogP contribution in [0.15, 0.2) is 18.2 Å². The minimum absolute atomic E-state index is 0.0270. The average Bonchev–Trinajstić information content (AvgIpc) is 2.66. The summed E-state index contributed by atoms with van der Waals surface area (Å²) >= 11 is 0. The van der Waals surface area contributed by atoms with Gasteiger partial charge in [0.25, 0.3) is 5.91 Å². The summed E-state index contributed by atoms with van der Waals surface area (Å²) in [4.78, 5) is 14.7. The number of nitrogens with two attached hydrogens (primary N) is 1. The zero-order chi connectivity index (χ0) is 18.9. The van der Waals surface area contributed by atoms with Gasteiger partial charge in [-0.3, -0.25) is 4.79 Å². The molecule has 1 amide bonds. The van der Waals surface area contributed by atoms with Crippen molar-refractivity contribution in [3.8, 4) is 11.5 Å². The van der Waals surface area contributed by atoms with Crippen LogP contribution in [0, 0.1) is 5.92 Å². The van der Waals surface area contributed by atoms with Gasteiger partial charge < -0.3 is 24.8 Å². The van der Waals surface area contributed by atoms with Gasteiger partial charge in [0.1, 0.15) is 0 Å². The number of benzene rings is 1. The molecule has 146 valence electrons. The highest BCUT2D eigenvalue weighted by Gasteiger charge is 2.24. The van der Waals surface area contributed by atoms with Gasteiger partial charge in [0.05, 0.1) is 19.8 Å². The molecular formula is C20H32N2O4. The first kappa shape index (κ1) is 20.5. The number of amides is 1. The van der Waals surface area contributed by atoms with E-state index in [1.54, 1.807) is 13.2 Å². The summed E-state index contributed by atoms with van der Waals surface area (Å²) in [7, 11) is 1.59. The Kier molecular flexibility index (Phi) is 8.19. The van der Waals surface area contributed by atoms with Crippen molar-refractivity contribution in [1.29, 1.82) is 0 Å². The van der Waals surface area contributed by atoms with Gasteiger partial charge in [-0.1, -0.05) is 13.8 Å². The van der Waals surface area contributed by atoms with Gasteiger partial charge in [0.2, 0.25) is 0 Å². The lowest BCUT2D eigenvalue weighted by Crippen LogP contribution is -2.41. The van der Waals surface area contributed by atoms with Crippen molar-refractivity contribution in [1.82, 2.24) is 4.90 Å². The minimum Gasteiger partial charge on any atom is -0.493 e. The van der Waals surface area contributed by atoms with Gasteiger partial charge >= 0.3 is 0 Å². The number of methoxy groups -OCH3 is 1. The van der Waals surface area contributed by atoms with Gasteiger partial charge in [-0.25, -0.2) is 0 Å². The Morgan fingerprint density at radius 2 is 2.00 bits per heavy atom. The maximum atomic E-state index is 12.8. The summed E-state index contributed by atoms with van der Waals surface area (Å²) in [6.45, 7) is 7.56. The Morgan fingerprint density at radius 1 is 1.27 bits per heavy atom. The number of nitrogens with zero attached hydrogens (tertiary/aromatic N) is 1. The molecule has 0 unspecified atom stereocenters. The number of hydrogen-bond donors (Lipinski definition) is 1. The van der Waals surface area contributed by atoms with E-state index in [9.17, 15) is 4.79 Å². The second kappa shape index (κ2) is 10.4. The van der Waals surface area contributed by atoms with Crippen LogP contribution in [0.4, 0.5) is 0 Å². The van der Waals surface area contributed by atoms with E-state index in [1.165, 1.54) is 0 Å². The number of carbonyl (C=O) groups is 1. The summed E-state index contributed by atoms with van der Waals surface area (Å²) in [6, 6.07) is 5.39. The maximum absolute atomic E-state index is 12.8. The van der Waals surface area contributed by atoms with E-state index in [0.717, 1.165) is 19.3 Å². The molecule has 0 atom stereocenters. The first-order chi connectivity index (χ1) is 12.5. The number of rotatable bonds is 9. The topological polar surface area (TPSA) is 74.0 Å². The molecule has 2 rings (SSSR count). The van der Waals surface area contributed by atoms with Crippen LogP contribution in [0.25, 0.3) is 0 Å². The lowest BCUT2D eigenvalue weighted by atomic mass is 10.1. The van der Waals surface area contributed by atoms with Crippen molar-refractivity contribution >= 4 is 5.91 Å². The highest BCUT2D eigenvalue weighted by atomic mass is 16.5. The molecular weight excluding hydrogens is 332 g/mol. The summed E-state index contributed by atoms with van der Waals surface area (Å²) in [6.07, 6.45) is 2.84. The van der Waals surface area contributed by atoms with Gasteiger partial charge in [-0.15, -0.1) is 0 Å². The smallest absolute Gasteiger partial charge is 0.253 e. The Balaban J connectivity index is 1.93. The molecule has 0 spiro atoms. The molecule has 0 aromatic heterocycles. The molecule has 1 aromatic carbocycles. The predicted molar refractivity (Wildman–Crippen MR) is 102 cm³/mol. The lowest BCUT2D eigenvalue weighted by molar-refractivity contribution is 0.00843. The van der Waals surface area contributed by atoms with Crippen LogP contribution in [-0.2, 0) is 4.74 Å². The van der Waals surface area contributed by atoms with Gasteiger partial charge in [0.15, 0.2) is 11.5 Å². The quantitative estimate of drug-likeness (QED) is 0.682. The van der Waals surface area contributed by atoms with Gasteiger partial charge in [0, 0.05) is 25.3 Å². The van der Waals surface area contributed by atoms with E-state index in [2.05, 4.69) is 13.8 Å². The first-order valence-corrected chi connectivity index (χ1v) is 9.47. The number of hydrogen-bond acceptors (Lipinski definition) is 5. The second-order valence-electron chi connectivity index (χ2n) is 7.08. The standard InChI is InChI=1S/C20H32N2O4/c1-15(2)14-26-18-6-5-16(13-19(18)24-3)20(23)22-10-7-17(8-11-22)25-12-4-9-21/h5-6,13,15,17H,4,7-12,14,21H2,1-3H3. The number of piperidine rings is 1. The molecule has 26 heavy (non-hydrogen) atoms. The predicted octanol–water partition coefficient (Wildman–Crippen LogP) is 2.70. The van der Waals surface area contributed by atoms with Crippen LogP contribution >= 0.6 is 0 Å². The van der Waals surface area contributed by atoms with E-state index in [0.29, 0.717) is 55.8 Å². The molecule has 1 saturated heterocycles. The minimum atomic E-state index is 0.0270. The molecule has 1 fully saturated rings. The van der Waals surface area contributed by atoms with Crippen LogP contribution in [0.1, 0.15) is 43.5 Å². The SMILES string of the molecule is COc1cc(C(=O)N2CCC(OCCCN)CC2)ccc1OCC(C)C. The fraction of sp³-hybridized carbons (Fsp3) is 0.650. The van der Waals surface area contributed by atoms with Crippen LogP contribution < -0.4 is 15.2 Å². The monoisotopic (exact) mass is 364 g/mol. The van der Waals surface area contributed by atoms with Crippen molar-refractivity contribution in [2.24, 2.45) is 11.7 Å². The number of ether oxygens (including phenoxy) is 3. The normalized spacial score (nSPS) is 15.3. The Hall–Kier alpha value is -1.79. The molecule has 1 aliphatic rings. The van der Waals surface area contributed by atoms with Crippen molar-refractivity contribution in [2.45, 2.75) is 39.2 Å². The van der Waals surface area contributed by atoms with Crippen LogP contribution in [0.5, 0.6) is 11.5 Å². The third kappa shape index (κ3) is 5.88. The fourth-order valence-corrected chi connectivity index (χ4v) is 2.92. The zero-order valence-corrected chi connectivity index (χ0v) is 16.2. The number of carbonyl (C=O) groups excluding carboxylic acids is 1. The van der Waals surface area contributed by atoms with Crippen molar-refractivity contribution < 1.29 is 19.0 Å². The van der Waals surface area contributed by atoms with Gasteiger partial charge in [-0.05, 0) is 49.9 Å². The zero-order valence-electron chi connectivity index (χ0n) is 16.2. The molecule has 1 heterocycles. The molecule has 0 aliphatic carbocycles. The summed E-state index contributed by atoms with van der Waals surface area (Å²) < 4.78 is 17.0. The number of likely N-dealkylation sites (tertiary alicyclic amines) is 1. The summed E-state index contributed by atoms with van der Waals surface area (Å²) in [5, 5.41) is 0. The van der Waals surface area contributed by atoms with E-state index >= 15 is 0 Å². The van der Waals surface area contributed by atoms with E-state index < -0.39 is 0 Å². The molecule has 6 nitrogen and oxygen atoms in total. The molecule has 2 N–H and O–H groups in total. The first-order valence-electron chi connectivity index (χ1n) is 9.47. The van der Waals surface area contributed by atoms with E-state index in [1.807, 2.05) is 17.0 Å². The van der Waals surface area contributed by atoms with E-state index in [4.69, 9.17) is 19.9 Å². The highest BCUT2D eigenvalue weighted by Crippen LogP contribution is 2.29. The molecule has 1 aliphatic heterocycles. The Labute approximate surface area is 156 Å². The van der Waals surface area contributed by atoms with Crippen LogP contribution in [-0.4, -0.2) is 56.9 Å². The third-order valence-electron chi connectivity index (χ3n) is 4.41. The van der Waals surface area contributed by atoms with Crippen LogP contribution in [0.3, 0.4) is 0 Å². The Morgan fingerprint density at radius 3 is 2.62 bits per heavy atom. The van der Waals surface area contributed by atoms with Crippen molar-refractivity contribution in [3.63, 3.8) is 0 Å². The average molecular weight is 364 g/mol. The largest absolute Gasteiger partial charge is 0.493 e. The molecule has 6 heteroatoms. The summed E-state index contributed by atoms with van der Waals surface area (Å²) in [5.74, 6) is 1.72. The van der Waals surface area contributed by atoms with Crippen LogP contribution in [0.2, 0.25) is 0 Å². The van der Waals surface area contributed by atoms with E-state index in [-0.39, 0.29) is 12.0 Å². The van der Waals surface area contributed by atoms with Crippen molar-refractivity contribution in [2.75, 3.05) is 40.0 Å². The third-order valence-corrected chi connectivity index (χ3v) is 4.41. The molecule has 1 aromatic rings. The molecule has 0 radical (unpaired) electrons. The summed E-state index contributed by atoms with van der Waals surface area (Å²) in [5.41, 5.74) is 6.11. The Bertz CT molecular complexity index is 569. The maximum Gasteiger partial charge on any atom is 0.253 e. The molecule has 0 saturated carbocycles. The second-order valence-corrected chi connectivity index (χ2v) is 7.08. The van der Waals surface area contributed by atoms with Crippen molar-refractivity contribution in [3.05, 3.63) is 23.8 Å². The fourth-order valence-electron chi connectivity index (χ4n) is 2.92. The molecule has 0 bridgehead atoms.